The summed E-state index contributed by atoms with van der Waals surface area (Å²) in [4.78, 5) is 12.8. The van der Waals surface area contributed by atoms with Crippen LogP contribution in [0.4, 0.5) is 6.01 Å². The minimum Gasteiger partial charge on any atom is -0.497 e. The first-order valence-corrected chi connectivity index (χ1v) is 12.3. The number of unbranched alkanes of at least 4 members (excludes halogenated alkanes) is 1. The molecule has 34 heavy (non-hydrogen) atoms. The molecule has 2 aromatic carbocycles. The van der Waals surface area contributed by atoms with E-state index in [-0.39, 0.29) is 22.4 Å². The van der Waals surface area contributed by atoms with Gasteiger partial charge in [0, 0.05) is 18.7 Å². The molecule has 0 spiro atoms. The van der Waals surface area contributed by atoms with Gasteiger partial charge in [-0.3, -0.25) is 10.1 Å². The largest absolute Gasteiger partial charge is 0.497 e. The van der Waals surface area contributed by atoms with Gasteiger partial charge in [0.25, 0.3) is 11.8 Å². The topological polar surface area (TPSA) is 124 Å². The summed E-state index contributed by atoms with van der Waals surface area (Å²) in [5.74, 6) is 0.694. The number of anilines is 1. The van der Waals surface area contributed by atoms with E-state index < -0.39 is 15.9 Å². The number of amides is 1. The minimum absolute atomic E-state index is 0.113. The number of aromatic nitrogens is 2. The van der Waals surface area contributed by atoms with Crippen LogP contribution in [-0.2, 0) is 10.0 Å². The number of nitrogens with one attached hydrogen (secondary N) is 1. The number of ether oxygens (including phenoxy) is 2. The molecule has 1 N–H and O–H groups in total. The van der Waals surface area contributed by atoms with Crippen LogP contribution < -0.4 is 14.8 Å². The Morgan fingerprint density at radius 2 is 1.79 bits per heavy atom. The van der Waals surface area contributed by atoms with Gasteiger partial charge in [-0.15, -0.1) is 5.10 Å². The Balaban J connectivity index is 1.75. The molecule has 1 heterocycles. The lowest BCUT2D eigenvalue weighted by Gasteiger charge is -2.20. The van der Waals surface area contributed by atoms with Gasteiger partial charge in [0.2, 0.25) is 10.0 Å². The summed E-state index contributed by atoms with van der Waals surface area (Å²) in [6.07, 6.45) is 1.68. The third-order valence-electron chi connectivity index (χ3n) is 5.15. The first kappa shape index (κ1) is 25.2. The van der Waals surface area contributed by atoms with E-state index in [0.717, 1.165) is 12.8 Å². The third kappa shape index (κ3) is 5.54. The summed E-state index contributed by atoms with van der Waals surface area (Å²) < 4.78 is 43.2. The number of carbonyl (C=O) groups excluding carboxylic acids is 1. The Labute approximate surface area is 198 Å². The van der Waals surface area contributed by atoms with Gasteiger partial charge >= 0.3 is 6.01 Å². The van der Waals surface area contributed by atoms with Gasteiger partial charge in [-0.25, -0.2) is 8.42 Å². The predicted octanol–water partition coefficient (Wildman–Crippen LogP) is 3.82. The Morgan fingerprint density at radius 3 is 2.41 bits per heavy atom. The summed E-state index contributed by atoms with van der Waals surface area (Å²) in [6.45, 7) is 4.64. The molecule has 1 aromatic heterocycles. The second-order valence-electron chi connectivity index (χ2n) is 7.31. The molecule has 0 saturated carbocycles. The summed E-state index contributed by atoms with van der Waals surface area (Å²) >= 11 is 0. The lowest BCUT2D eigenvalue weighted by Crippen LogP contribution is -2.31. The molecule has 0 aliphatic heterocycles. The van der Waals surface area contributed by atoms with Crippen molar-refractivity contribution in [1.82, 2.24) is 14.5 Å². The quantitative estimate of drug-likeness (QED) is 0.432. The van der Waals surface area contributed by atoms with Gasteiger partial charge in [-0.05, 0) is 48.9 Å². The van der Waals surface area contributed by atoms with Crippen molar-refractivity contribution in [1.29, 1.82) is 0 Å². The van der Waals surface area contributed by atoms with E-state index in [9.17, 15) is 13.2 Å². The summed E-state index contributed by atoms with van der Waals surface area (Å²) in [5, 5.41) is 10.3. The van der Waals surface area contributed by atoms with Crippen molar-refractivity contribution in [3.63, 3.8) is 0 Å². The molecule has 0 atom stereocenters. The van der Waals surface area contributed by atoms with Gasteiger partial charge in [0.05, 0.1) is 24.7 Å². The molecule has 3 aromatic rings. The van der Waals surface area contributed by atoms with Crippen LogP contribution in [0.15, 0.2) is 51.8 Å². The minimum atomic E-state index is -3.63. The van der Waals surface area contributed by atoms with E-state index in [1.807, 2.05) is 6.92 Å². The van der Waals surface area contributed by atoms with E-state index >= 15 is 0 Å². The molecule has 1 amide bonds. The van der Waals surface area contributed by atoms with E-state index in [1.165, 1.54) is 42.8 Å². The van der Waals surface area contributed by atoms with Crippen LogP contribution in [0.5, 0.6) is 11.5 Å². The molecule has 3 rings (SSSR count). The van der Waals surface area contributed by atoms with Crippen LogP contribution in [0, 0.1) is 0 Å². The van der Waals surface area contributed by atoms with Crippen molar-refractivity contribution in [2.75, 3.05) is 32.6 Å². The van der Waals surface area contributed by atoms with Gasteiger partial charge in [0.15, 0.2) is 0 Å². The molecular formula is C23H28N4O6S. The summed E-state index contributed by atoms with van der Waals surface area (Å²) in [7, 11) is -0.580. The molecular weight excluding hydrogens is 460 g/mol. The Morgan fingerprint density at radius 1 is 1.06 bits per heavy atom. The average Bonchev–Trinajstić information content (AvgIpc) is 3.32. The van der Waals surface area contributed by atoms with Crippen molar-refractivity contribution >= 4 is 21.9 Å². The van der Waals surface area contributed by atoms with Crippen LogP contribution in [0.3, 0.4) is 0 Å². The highest BCUT2D eigenvalue weighted by Crippen LogP contribution is 2.33. The molecule has 0 fully saturated rings. The third-order valence-corrected chi connectivity index (χ3v) is 7.14. The molecule has 0 aliphatic carbocycles. The summed E-state index contributed by atoms with van der Waals surface area (Å²) in [6, 6.07) is 10.7. The van der Waals surface area contributed by atoms with E-state index in [0.29, 0.717) is 30.2 Å². The number of nitrogens with zero attached hydrogens (tertiary/aromatic N) is 3. The first-order valence-electron chi connectivity index (χ1n) is 10.8. The molecule has 0 bridgehead atoms. The van der Waals surface area contributed by atoms with E-state index in [1.54, 1.807) is 25.1 Å². The lowest BCUT2D eigenvalue weighted by atomic mass is 10.2. The van der Waals surface area contributed by atoms with Gasteiger partial charge in [-0.2, -0.15) is 4.31 Å². The molecule has 0 aliphatic rings. The van der Waals surface area contributed by atoms with Crippen molar-refractivity contribution in [3.8, 4) is 23.0 Å². The zero-order valence-corrected chi connectivity index (χ0v) is 20.4. The first-order chi connectivity index (χ1) is 16.3. The second-order valence-corrected chi connectivity index (χ2v) is 9.25. The Bertz CT molecular complexity index is 1220. The molecule has 182 valence electrons. The monoisotopic (exact) mass is 488 g/mol. The molecule has 11 heteroatoms. The standard InChI is InChI=1S/C23H28N4O6S/c1-5-7-14-27(6-2)34(29,30)18-11-8-16(9-12-18)21(28)24-23-26-25-22(33-23)19-15-17(31-3)10-13-20(19)32-4/h8-13,15H,5-7,14H2,1-4H3,(H,24,26,28). The number of methoxy groups -OCH3 is 2. The van der Waals surface area contributed by atoms with Crippen LogP contribution >= 0.6 is 0 Å². The number of benzene rings is 2. The van der Waals surface area contributed by atoms with E-state index in [4.69, 9.17) is 13.9 Å². The van der Waals surface area contributed by atoms with Crippen molar-refractivity contribution in [2.45, 2.75) is 31.6 Å². The predicted molar refractivity (Wildman–Crippen MR) is 127 cm³/mol. The number of hydrogen-bond acceptors (Lipinski definition) is 8. The maximum atomic E-state index is 12.8. The zero-order chi connectivity index (χ0) is 24.7. The highest BCUT2D eigenvalue weighted by Gasteiger charge is 2.23. The van der Waals surface area contributed by atoms with Gasteiger partial charge in [-0.1, -0.05) is 25.4 Å². The maximum Gasteiger partial charge on any atom is 0.322 e. The second kappa shape index (κ2) is 11.1. The van der Waals surface area contributed by atoms with Crippen LogP contribution in [0.1, 0.15) is 37.0 Å². The average molecular weight is 489 g/mol. The smallest absolute Gasteiger partial charge is 0.322 e. The van der Waals surface area contributed by atoms with Gasteiger partial charge in [0.1, 0.15) is 11.5 Å². The Hall–Kier alpha value is -3.44. The molecule has 0 radical (unpaired) electrons. The number of carbonyl (C=O) groups is 1. The highest BCUT2D eigenvalue weighted by atomic mass is 32.2. The highest BCUT2D eigenvalue weighted by molar-refractivity contribution is 7.89. The van der Waals surface area contributed by atoms with Crippen molar-refractivity contribution in [2.24, 2.45) is 0 Å². The summed E-state index contributed by atoms with van der Waals surface area (Å²) in [5.41, 5.74) is 0.752. The number of hydrogen-bond donors (Lipinski definition) is 1. The fourth-order valence-corrected chi connectivity index (χ4v) is 4.73. The maximum absolute atomic E-state index is 12.8. The number of rotatable bonds is 11. The van der Waals surface area contributed by atoms with Crippen LogP contribution in [0.25, 0.3) is 11.5 Å². The normalized spacial score (nSPS) is 11.4. The van der Waals surface area contributed by atoms with E-state index in [2.05, 4.69) is 15.5 Å². The van der Waals surface area contributed by atoms with Gasteiger partial charge < -0.3 is 13.9 Å². The van der Waals surface area contributed by atoms with Crippen molar-refractivity contribution < 1.29 is 27.1 Å². The fraction of sp³-hybridized carbons (Fsp3) is 0.348. The molecule has 10 nitrogen and oxygen atoms in total. The molecule has 0 unspecified atom stereocenters. The fourth-order valence-electron chi connectivity index (χ4n) is 3.24. The van der Waals surface area contributed by atoms with Crippen LogP contribution in [-0.4, -0.2) is 56.1 Å². The number of sulfonamides is 1. The lowest BCUT2D eigenvalue weighted by molar-refractivity contribution is 0.102. The SMILES string of the molecule is CCCCN(CC)S(=O)(=O)c1ccc(C(=O)Nc2nnc(-c3cc(OC)ccc3OC)o2)cc1. The van der Waals surface area contributed by atoms with Crippen LogP contribution in [0.2, 0.25) is 0 Å². The zero-order valence-electron chi connectivity index (χ0n) is 19.6. The Kier molecular flexibility index (Phi) is 8.24. The van der Waals surface area contributed by atoms with Crippen molar-refractivity contribution in [3.05, 3.63) is 48.0 Å². The molecule has 0 saturated heterocycles.